The zero-order chi connectivity index (χ0) is 19.1. The predicted molar refractivity (Wildman–Crippen MR) is 76.2 cm³/mol. The second kappa shape index (κ2) is 7.66. The van der Waals surface area contributed by atoms with Crippen LogP contribution in [0.15, 0.2) is 0 Å². The number of aliphatic hydroxyl groups excluding tert-OH is 5. The molecule has 0 bridgehead atoms. The van der Waals surface area contributed by atoms with E-state index in [4.69, 9.17) is 18.8 Å². The summed E-state index contributed by atoms with van der Waals surface area (Å²) in [4.78, 5) is 0. The molecule has 0 aromatic heterocycles. The Morgan fingerprint density at radius 3 is 1.96 bits per heavy atom. The lowest BCUT2D eigenvalue weighted by Crippen LogP contribution is -2.63. The molecule has 0 spiro atoms. The van der Waals surface area contributed by atoms with Gasteiger partial charge in [0.15, 0.2) is 12.6 Å². The lowest BCUT2D eigenvalue weighted by Gasteiger charge is -2.44. The summed E-state index contributed by atoms with van der Waals surface area (Å²) in [6, 6.07) is 0. The van der Waals surface area contributed by atoms with Crippen LogP contribution in [0.3, 0.4) is 0 Å². The molecule has 0 aliphatic carbocycles. The molecule has 13 heteroatoms. The van der Waals surface area contributed by atoms with Crippen molar-refractivity contribution in [1.82, 2.24) is 0 Å². The van der Waals surface area contributed by atoms with Crippen LogP contribution in [0.2, 0.25) is 0 Å². The molecule has 2 rings (SSSR count). The first-order chi connectivity index (χ1) is 11.4. The summed E-state index contributed by atoms with van der Waals surface area (Å²) in [6.07, 6.45) is -15.1. The fourth-order valence-electron chi connectivity index (χ4n) is 2.71. The molecule has 0 amide bonds. The number of hydrogen-bond donors (Lipinski definition) is 6. The van der Waals surface area contributed by atoms with Gasteiger partial charge in [0.1, 0.15) is 36.6 Å². The van der Waals surface area contributed by atoms with E-state index in [9.17, 15) is 34.0 Å². The van der Waals surface area contributed by atoms with Crippen LogP contribution >= 0.6 is 0 Å². The predicted octanol–water partition coefficient (Wildman–Crippen LogP) is -3.51. The highest BCUT2D eigenvalue weighted by Crippen LogP contribution is 2.29. The maximum atomic E-state index is 10.9. The smallest absolute Gasteiger partial charge is 0.388 e. The minimum atomic E-state index is -4.93. The summed E-state index contributed by atoms with van der Waals surface area (Å²) < 4.78 is 50.3. The monoisotopic (exact) mass is 390 g/mol. The molecule has 2 unspecified atom stereocenters. The fourth-order valence-corrected chi connectivity index (χ4v) is 3.26. The molecule has 0 saturated carbocycles. The molecule has 0 aromatic rings. The standard InChI is InChI=1S/C12H22O12S/c1-3-5(13)6(14)7(15)12(22-3)23-10-8(16)9(24-25(18,19)20)4(2)21-11(10)17/h3-17H,1-2H3,(H,18,19,20)/t3-,4-,5+,6+,7-,8+,9+,10-,11?,12?/m1/s1. The van der Waals surface area contributed by atoms with E-state index in [0.717, 1.165) is 0 Å². The highest BCUT2D eigenvalue weighted by Gasteiger charge is 2.50. The molecule has 6 N–H and O–H groups in total. The van der Waals surface area contributed by atoms with Gasteiger partial charge in [0, 0.05) is 0 Å². The molecule has 2 aliphatic rings. The van der Waals surface area contributed by atoms with Crippen molar-refractivity contribution in [3.8, 4) is 0 Å². The van der Waals surface area contributed by atoms with Crippen molar-refractivity contribution in [1.29, 1.82) is 0 Å². The van der Waals surface area contributed by atoms with Crippen molar-refractivity contribution >= 4 is 10.4 Å². The molecular formula is C12H22O12S. The first-order valence-electron chi connectivity index (χ1n) is 7.44. The average molecular weight is 390 g/mol. The number of ether oxygens (including phenoxy) is 3. The molecule has 0 radical (unpaired) electrons. The number of rotatable bonds is 4. The van der Waals surface area contributed by atoms with Crippen molar-refractivity contribution in [3.63, 3.8) is 0 Å². The normalized spacial score (nSPS) is 49.1. The van der Waals surface area contributed by atoms with Crippen LogP contribution in [0, 0.1) is 0 Å². The molecule has 12 nitrogen and oxygen atoms in total. The SMILES string of the molecule is C[C@H]1OC(O[C@H]2C(O)O[C@H](C)[C@H](OS(=O)(=O)O)[C@@H]2O)[C@H](O)[C@@H](O)[C@H]1O. The van der Waals surface area contributed by atoms with E-state index < -0.39 is 71.8 Å². The van der Waals surface area contributed by atoms with Gasteiger partial charge in [-0.25, -0.2) is 4.18 Å². The summed E-state index contributed by atoms with van der Waals surface area (Å²) in [5.41, 5.74) is 0. The molecule has 10 atom stereocenters. The van der Waals surface area contributed by atoms with Gasteiger partial charge >= 0.3 is 10.4 Å². The van der Waals surface area contributed by atoms with E-state index in [1.54, 1.807) is 0 Å². The summed E-state index contributed by atoms with van der Waals surface area (Å²) in [5, 5.41) is 49.4. The van der Waals surface area contributed by atoms with E-state index in [-0.39, 0.29) is 0 Å². The van der Waals surface area contributed by atoms with E-state index in [0.29, 0.717) is 0 Å². The maximum absolute atomic E-state index is 10.9. The van der Waals surface area contributed by atoms with Gasteiger partial charge in [0.05, 0.1) is 12.2 Å². The summed E-state index contributed by atoms with van der Waals surface area (Å²) in [5.74, 6) is 0. The quantitative estimate of drug-likeness (QED) is 0.260. The van der Waals surface area contributed by atoms with Crippen molar-refractivity contribution in [2.24, 2.45) is 0 Å². The van der Waals surface area contributed by atoms with Crippen LogP contribution in [0.5, 0.6) is 0 Å². The molecule has 2 aliphatic heterocycles. The van der Waals surface area contributed by atoms with E-state index in [2.05, 4.69) is 4.18 Å². The molecular weight excluding hydrogens is 368 g/mol. The molecule has 0 aromatic carbocycles. The Balaban J connectivity index is 2.14. The van der Waals surface area contributed by atoms with Crippen LogP contribution in [0.1, 0.15) is 13.8 Å². The van der Waals surface area contributed by atoms with Crippen molar-refractivity contribution < 1.29 is 56.9 Å². The maximum Gasteiger partial charge on any atom is 0.397 e. The van der Waals surface area contributed by atoms with Gasteiger partial charge in [0.25, 0.3) is 0 Å². The third-order valence-corrected chi connectivity index (χ3v) is 4.57. The Kier molecular flexibility index (Phi) is 6.39. The van der Waals surface area contributed by atoms with E-state index in [1.165, 1.54) is 13.8 Å². The zero-order valence-corrected chi connectivity index (χ0v) is 14.1. The summed E-state index contributed by atoms with van der Waals surface area (Å²) in [7, 11) is -4.93. The Labute approximate surface area is 143 Å². The Bertz CT molecular complexity index is 554. The van der Waals surface area contributed by atoms with Crippen LogP contribution < -0.4 is 0 Å². The largest absolute Gasteiger partial charge is 0.397 e. The fraction of sp³-hybridized carbons (Fsp3) is 1.00. The molecule has 2 saturated heterocycles. The van der Waals surface area contributed by atoms with Crippen LogP contribution in [0.25, 0.3) is 0 Å². The lowest BCUT2D eigenvalue weighted by molar-refractivity contribution is -0.354. The summed E-state index contributed by atoms with van der Waals surface area (Å²) in [6.45, 7) is 2.68. The van der Waals surface area contributed by atoms with Crippen molar-refractivity contribution in [3.05, 3.63) is 0 Å². The van der Waals surface area contributed by atoms with Gasteiger partial charge in [-0.2, -0.15) is 8.42 Å². The lowest BCUT2D eigenvalue weighted by atomic mass is 9.98. The van der Waals surface area contributed by atoms with Gasteiger partial charge in [-0.1, -0.05) is 0 Å². The van der Waals surface area contributed by atoms with Crippen LogP contribution in [0.4, 0.5) is 0 Å². The highest BCUT2D eigenvalue weighted by molar-refractivity contribution is 7.80. The van der Waals surface area contributed by atoms with Crippen LogP contribution in [-0.4, -0.2) is 99.9 Å². The van der Waals surface area contributed by atoms with Gasteiger partial charge in [-0.3, -0.25) is 4.55 Å². The molecule has 2 heterocycles. The average Bonchev–Trinajstić information content (AvgIpc) is 2.49. The minimum Gasteiger partial charge on any atom is -0.388 e. The van der Waals surface area contributed by atoms with E-state index in [1.807, 2.05) is 0 Å². The Morgan fingerprint density at radius 2 is 1.40 bits per heavy atom. The topological polar surface area (TPSA) is 192 Å². The minimum absolute atomic E-state index is 0.939. The van der Waals surface area contributed by atoms with Gasteiger partial charge < -0.3 is 39.7 Å². The molecule has 148 valence electrons. The highest BCUT2D eigenvalue weighted by atomic mass is 32.3. The Morgan fingerprint density at radius 1 is 0.800 bits per heavy atom. The van der Waals surface area contributed by atoms with Crippen molar-refractivity contribution in [2.75, 3.05) is 0 Å². The van der Waals surface area contributed by atoms with Crippen LogP contribution in [-0.2, 0) is 28.8 Å². The molecule has 25 heavy (non-hydrogen) atoms. The first kappa shape index (κ1) is 20.9. The van der Waals surface area contributed by atoms with Crippen molar-refractivity contribution in [2.45, 2.75) is 75.3 Å². The second-order valence-corrected chi connectivity index (χ2v) is 7.04. The summed E-state index contributed by atoms with van der Waals surface area (Å²) >= 11 is 0. The van der Waals surface area contributed by atoms with Gasteiger partial charge in [0.2, 0.25) is 0 Å². The second-order valence-electron chi connectivity index (χ2n) is 5.99. The van der Waals surface area contributed by atoms with E-state index >= 15 is 0 Å². The molecule has 2 fully saturated rings. The third kappa shape index (κ3) is 4.64. The third-order valence-electron chi connectivity index (χ3n) is 4.10. The number of aliphatic hydroxyl groups is 5. The zero-order valence-electron chi connectivity index (χ0n) is 13.3. The Hall–Kier alpha value is -0.450. The van der Waals surface area contributed by atoms with Gasteiger partial charge in [-0.15, -0.1) is 0 Å². The number of hydrogen-bond acceptors (Lipinski definition) is 11. The first-order valence-corrected chi connectivity index (χ1v) is 8.81. The van der Waals surface area contributed by atoms with Gasteiger partial charge in [-0.05, 0) is 13.8 Å².